The molecule has 0 amide bonds. The molecule has 2 N–H and O–H groups in total. The lowest BCUT2D eigenvalue weighted by Crippen LogP contribution is -2.53. The normalized spacial score (nSPS) is 38.1. The Morgan fingerprint density at radius 1 is 1.35 bits per heavy atom. The maximum Gasteiger partial charge on any atom is 0.0795 e. The lowest BCUT2D eigenvalue weighted by molar-refractivity contribution is -0.0936. The molecule has 0 aromatic rings. The van der Waals surface area contributed by atoms with Crippen molar-refractivity contribution < 1.29 is 4.74 Å². The highest BCUT2D eigenvalue weighted by atomic mass is 32.2. The van der Waals surface area contributed by atoms with Crippen molar-refractivity contribution in [2.24, 2.45) is 11.1 Å². The fraction of sp³-hybridized carbons (Fsp3) is 0.933. The third-order valence-corrected chi connectivity index (χ3v) is 7.26. The molecule has 0 bridgehead atoms. The van der Waals surface area contributed by atoms with E-state index in [-0.39, 0.29) is 11.0 Å². The van der Waals surface area contributed by atoms with Gasteiger partial charge in [0.1, 0.15) is 0 Å². The summed E-state index contributed by atoms with van der Waals surface area (Å²) in [5.41, 5.74) is 6.18. The van der Waals surface area contributed by atoms with Gasteiger partial charge < -0.3 is 15.4 Å². The predicted molar refractivity (Wildman–Crippen MR) is 89.3 cm³/mol. The molecular weight excluding hydrogens is 288 g/mol. The summed E-state index contributed by atoms with van der Waals surface area (Å²) < 4.78 is 6.14. The fourth-order valence-electron chi connectivity index (χ4n) is 3.81. The van der Waals surface area contributed by atoms with Crippen molar-refractivity contribution >= 4 is 29.0 Å². The van der Waals surface area contributed by atoms with Crippen LogP contribution in [0, 0.1) is 5.41 Å². The second-order valence-electron chi connectivity index (χ2n) is 6.94. The Hall–Kier alpha value is 0.160. The van der Waals surface area contributed by atoms with Gasteiger partial charge >= 0.3 is 0 Å². The van der Waals surface area contributed by atoms with E-state index in [0.29, 0.717) is 11.0 Å². The Morgan fingerprint density at radius 2 is 2.10 bits per heavy atom. The summed E-state index contributed by atoms with van der Waals surface area (Å²) in [7, 11) is 0. The van der Waals surface area contributed by atoms with Gasteiger partial charge in [0.2, 0.25) is 0 Å². The van der Waals surface area contributed by atoms with Gasteiger partial charge in [-0.25, -0.2) is 0 Å². The summed E-state index contributed by atoms with van der Waals surface area (Å²) in [6.45, 7) is 5.45. The van der Waals surface area contributed by atoms with Gasteiger partial charge in [-0.3, -0.25) is 0 Å². The summed E-state index contributed by atoms with van der Waals surface area (Å²) in [5.74, 6) is 2.47. The molecular formula is C15H26N2OS2. The predicted octanol–water partition coefficient (Wildman–Crippen LogP) is 2.43. The first kappa shape index (κ1) is 15.1. The average Bonchev–Trinajstić information content (AvgIpc) is 2.87. The smallest absolute Gasteiger partial charge is 0.0795 e. The molecule has 1 spiro atoms. The molecule has 5 heteroatoms. The lowest BCUT2D eigenvalue weighted by Gasteiger charge is -2.47. The van der Waals surface area contributed by atoms with Gasteiger partial charge in [0.15, 0.2) is 0 Å². The molecule has 20 heavy (non-hydrogen) atoms. The van der Waals surface area contributed by atoms with E-state index in [0.717, 1.165) is 32.5 Å². The third-order valence-electron chi connectivity index (χ3n) is 5.55. The van der Waals surface area contributed by atoms with E-state index >= 15 is 0 Å². The highest BCUT2D eigenvalue weighted by Crippen LogP contribution is 2.41. The Bertz CT molecular complexity index is 374. The molecule has 3 heterocycles. The lowest BCUT2D eigenvalue weighted by atomic mass is 9.79. The number of piperidine rings is 1. The minimum atomic E-state index is 0.0812. The summed E-state index contributed by atoms with van der Waals surface area (Å²) in [6, 6.07) is 0.707. The SMILES string of the molecule is CC1(C(N)=S)CCN(C2CCOC3(CCSC3)C2)CC1. The van der Waals surface area contributed by atoms with Gasteiger partial charge in [0, 0.05) is 23.8 Å². The third kappa shape index (κ3) is 2.87. The molecule has 114 valence electrons. The summed E-state index contributed by atoms with van der Waals surface area (Å²) in [6.07, 6.45) is 5.88. The Balaban J connectivity index is 1.59. The van der Waals surface area contributed by atoms with Crippen LogP contribution in [0.5, 0.6) is 0 Å². The van der Waals surface area contributed by atoms with Crippen LogP contribution < -0.4 is 5.73 Å². The van der Waals surface area contributed by atoms with Crippen molar-refractivity contribution in [2.75, 3.05) is 31.2 Å². The standard InChI is InChI=1S/C15H26N2OS2/c1-14(13(16)19)3-6-17(7-4-14)12-2-8-18-15(10-12)5-9-20-11-15/h12H,2-11H2,1H3,(H2,16,19). The molecule has 2 atom stereocenters. The van der Waals surface area contributed by atoms with Crippen molar-refractivity contribution in [3.63, 3.8) is 0 Å². The van der Waals surface area contributed by atoms with Crippen molar-refractivity contribution in [2.45, 2.75) is 50.7 Å². The number of nitrogens with zero attached hydrogens (tertiary/aromatic N) is 1. The van der Waals surface area contributed by atoms with Crippen molar-refractivity contribution in [3.8, 4) is 0 Å². The first-order valence-corrected chi connectivity index (χ1v) is 9.35. The molecule has 3 aliphatic rings. The number of hydrogen-bond donors (Lipinski definition) is 1. The van der Waals surface area contributed by atoms with Crippen molar-refractivity contribution in [1.29, 1.82) is 0 Å². The number of rotatable bonds is 2. The summed E-state index contributed by atoms with van der Waals surface area (Å²) in [5, 5.41) is 0. The van der Waals surface area contributed by atoms with Gasteiger partial charge in [-0.1, -0.05) is 19.1 Å². The Labute approximate surface area is 132 Å². The number of hydrogen-bond acceptors (Lipinski definition) is 4. The molecule has 3 fully saturated rings. The summed E-state index contributed by atoms with van der Waals surface area (Å²) >= 11 is 7.30. The van der Waals surface area contributed by atoms with E-state index in [1.807, 2.05) is 0 Å². The monoisotopic (exact) mass is 314 g/mol. The second kappa shape index (κ2) is 5.75. The maximum absolute atomic E-state index is 6.14. The Kier molecular flexibility index (Phi) is 4.33. The number of ether oxygens (including phenoxy) is 1. The van der Waals surface area contributed by atoms with E-state index in [9.17, 15) is 0 Å². The van der Waals surface area contributed by atoms with Gasteiger partial charge in [-0.15, -0.1) is 0 Å². The minimum absolute atomic E-state index is 0.0812. The zero-order valence-corrected chi connectivity index (χ0v) is 14.0. The van der Waals surface area contributed by atoms with Gasteiger partial charge in [-0.05, 0) is 50.9 Å². The molecule has 0 aromatic heterocycles. The zero-order chi connectivity index (χ0) is 14.2. The average molecular weight is 315 g/mol. The molecule has 0 saturated carbocycles. The van der Waals surface area contributed by atoms with Crippen LogP contribution in [0.4, 0.5) is 0 Å². The van der Waals surface area contributed by atoms with Gasteiger partial charge in [0.05, 0.1) is 10.6 Å². The fourth-order valence-corrected chi connectivity index (χ4v) is 5.39. The first-order valence-electron chi connectivity index (χ1n) is 7.79. The van der Waals surface area contributed by atoms with Crippen LogP contribution in [0.2, 0.25) is 0 Å². The minimum Gasteiger partial charge on any atom is -0.393 e. The molecule has 3 nitrogen and oxygen atoms in total. The van der Waals surface area contributed by atoms with Crippen LogP contribution >= 0.6 is 24.0 Å². The number of thiocarbonyl (C=S) groups is 1. The molecule has 3 saturated heterocycles. The topological polar surface area (TPSA) is 38.5 Å². The van der Waals surface area contributed by atoms with Crippen LogP contribution in [-0.4, -0.2) is 52.7 Å². The highest BCUT2D eigenvalue weighted by Gasteiger charge is 2.43. The summed E-state index contributed by atoms with van der Waals surface area (Å²) in [4.78, 5) is 3.38. The molecule has 0 radical (unpaired) electrons. The highest BCUT2D eigenvalue weighted by molar-refractivity contribution is 7.99. The van der Waals surface area contributed by atoms with Crippen molar-refractivity contribution in [3.05, 3.63) is 0 Å². The number of thioether (sulfide) groups is 1. The quantitative estimate of drug-likeness (QED) is 0.793. The van der Waals surface area contributed by atoms with Gasteiger partial charge in [-0.2, -0.15) is 11.8 Å². The number of nitrogens with two attached hydrogens (primary N) is 1. The van der Waals surface area contributed by atoms with Crippen LogP contribution in [0.15, 0.2) is 0 Å². The van der Waals surface area contributed by atoms with E-state index < -0.39 is 0 Å². The molecule has 3 rings (SSSR count). The molecule has 3 aliphatic heterocycles. The van der Waals surface area contributed by atoms with Crippen LogP contribution in [0.25, 0.3) is 0 Å². The van der Waals surface area contributed by atoms with Crippen LogP contribution in [-0.2, 0) is 4.74 Å². The molecule has 0 aliphatic carbocycles. The van der Waals surface area contributed by atoms with E-state index in [1.54, 1.807) is 0 Å². The first-order chi connectivity index (χ1) is 9.53. The number of likely N-dealkylation sites (tertiary alicyclic amines) is 1. The Morgan fingerprint density at radius 3 is 2.70 bits per heavy atom. The zero-order valence-electron chi connectivity index (χ0n) is 12.4. The molecule has 2 unspecified atom stereocenters. The second-order valence-corrected chi connectivity index (χ2v) is 8.49. The van der Waals surface area contributed by atoms with Crippen LogP contribution in [0.1, 0.15) is 39.0 Å². The van der Waals surface area contributed by atoms with Gasteiger partial charge in [0.25, 0.3) is 0 Å². The van der Waals surface area contributed by atoms with Crippen molar-refractivity contribution in [1.82, 2.24) is 4.90 Å². The molecule has 0 aromatic carbocycles. The van der Waals surface area contributed by atoms with E-state index in [4.69, 9.17) is 22.7 Å². The maximum atomic E-state index is 6.14. The largest absolute Gasteiger partial charge is 0.393 e. The van der Waals surface area contributed by atoms with Crippen LogP contribution in [0.3, 0.4) is 0 Å². The van der Waals surface area contributed by atoms with E-state index in [2.05, 4.69) is 23.6 Å². The van der Waals surface area contributed by atoms with E-state index in [1.165, 1.54) is 30.8 Å².